The Hall–Kier alpha value is -2.06. The van der Waals surface area contributed by atoms with E-state index in [1.54, 1.807) is 13.8 Å². The lowest BCUT2D eigenvalue weighted by Gasteiger charge is -2.17. The molecule has 0 bridgehead atoms. The second kappa shape index (κ2) is 5.93. The van der Waals surface area contributed by atoms with E-state index in [0.29, 0.717) is 0 Å². The van der Waals surface area contributed by atoms with Gasteiger partial charge in [-0.25, -0.2) is 4.79 Å². The predicted molar refractivity (Wildman–Crippen MR) is 61.6 cm³/mol. The van der Waals surface area contributed by atoms with Crippen LogP contribution in [0, 0.1) is 5.92 Å². The van der Waals surface area contributed by atoms with Crippen LogP contribution in [0.3, 0.4) is 0 Å². The number of halogens is 3. The summed E-state index contributed by atoms with van der Waals surface area (Å²) in [7, 11) is 0. The number of amides is 1. The van der Waals surface area contributed by atoms with E-state index in [1.165, 1.54) is 0 Å². The van der Waals surface area contributed by atoms with Crippen molar-refractivity contribution in [2.24, 2.45) is 5.92 Å². The van der Waals surface area contributed by atoms with Crippen LogP contribution in [0.15, 0.2) is 12.3 Å². The Morgan fingerprint density at radius 2 is 2.05 bits per heavy atom. The molecule has 2 N–H and O–H groups in total. The number of aliphatic carboxylic acids is 1. The molecule has 112 valence electrons. The molecule has 1 atom stereocenters. The van der Waals surface area contributed by atoms with Crippen molar-refractivity contribution in [3.05, 3.63) is 18.0 Å². The Morgan fingerprint density at radius 3 is 2.45 bits per heavy atom. The lowest BCUT2D eigenvalue weighted by molar-refractivity contribution is -0.143. The van der Waals surface area contributed by atoms with Gasteiger partial charge >= 0.3 is 12.1 Å². The minimum atomic E-state index is -4.58. The Balaban J connectivity index is 2.67. The molecule has 1 amide bonds. The number of carboxylic acids is 1. The maximum atomic E-state index is 12.3. The van der Waals surface area contributed by atoms with E-state index in [9.17, 15) is 22.8 Å². The average Bonchev–Trinajstić information content (AvgIpc) is 2.73. The average molecular weight is 293 g/mol. The minimum absolute atomic E-state index is 0.347. The first-order valence-corrected chi connectivity index (χ1v) is 5.74. The first-order valence-electron chi connectivity index (χ1n) is 5.74. The summed E-state index contributed by atoms with van der Waals surface area (Å²) in [4.78, 5) is 22.5. The standard InChI is InChI=1S/C11H14F3N3O3/c1-6(2)9(10(19)20)15-8(18)5-17-4-3-7(16-17)11(12,13)14/h3-4,6,9H,5H2,1-2H3,(H,15,18)(H,19,20)/t9-/m0/s1. The highest BCUT2D eigenvalue weighted by molar-refractivity contribution is 5.83. The fraction of sp³-hybridized carbons (Fsp3) is 0.545. The van der Waals surface area contributed by atoms with Gasteiger partial charge in [0, 0.05) is 6.20 Å². The third kappa shape index (κ3) is 4.25. The molecule has 0 aromatic carbocycles. The lowest BCUT2D eigenvalue weighted by Crippen LogP contribution is -2.45. The molecule has 0 saturated carbocycles. The molecule has 1 aromatic rings. The van der Waals surface area contributed by atoms with Crippen LogP contribution in [0.5, 0.6) is 0 Å². The monoisotopic (exact) mass is 293 g/mol. The summed E-state index contributed by atoms with van der Waals surface area (Å²) in [6, 6.07) is -0.357. The molecule has 1 heterocycles. The number of nitrogens with zero attached hydrogens (tertiary/aromatic N) is 2. The summed E-state index contributed by atoms with van der Waals surface area (Å²) < 4.78 is 37.7. The Kier molecular flexibility index (Phi) is 4.74. The number of hydrogen-bond acceptors (Lipinski definition) is 3. The highest BCUT2D eigenvalue weighted by Gasteiger charge is 2.33. The molecule has 0 saturated heterocycles. The molecule has 0 aliphatic heterocycles. The Labute approximate surface area is 112 Å². The molecule has 9 heteroatoms. The summed E-state index contributed by atoms with van der Waals surface area (Å²) in [6.45, 7) is 2.73. The van der Waals surface area contributed by atoms with Crippen LogP contribution >= 0.6 is 0 Å². The van der Waals surface area contributed by atoms with Gasteiger partial charge < -0.3 is 10.4 Å². The quantitative estimate of drug-likeness (QED) is 0.852. The van der Waals surface area contributed by atoms with Gasteiger partial charge in [-0.1, -0.05) is 13.8 Å². The van der Waals surface area contributed by atoms with Crippen molar-refractivity contribution in [3.63, 3.8) is 0 Å². The summed E-state index contributed by atoms with van der Waals surface area (Å²) in [6.07, 6.45) is -3.57. The van der Waals surface area contributed by atoms with Crippen LogP contribution in [-0.2, 0) is 22.3 Å². The largest absolute Gasteiger partial charge is 0.480 e. The third-order valence-electron chi connectivity index (χ3n) is 2.49. The Bertz CT molecular complexity index is 497. The zero-order chi connectivity index (χ0) is 15.5. The van der Waals surface area contributed by atoms with E-state index in [4.69, 9.17) is 5.11 Å². The molecular formula is C11H14F3N3O3. The topological polar surface area (TPSA) is 84.2 Å². The van der Waals surface area contributed by atoms with Gasteiger partial charge in [0.15, 0.2) is 5.69 Å². The van der Waals surface area contributed by atoms with Gasteiger partial charge in [0.1, 0.15) is 12.6 Å². The first kappa shape index (κ1) is 16.0. The number of rotatable bonds is 5. The SMILES string of the molecule is CC(C)[C@H](NC(=O)Cn1ccc(C(F)(F)F)n1)C(=O)O. The normalized spacial score (nSPS) is 13.3. The highest BCUT2D eigenvalue weighted by Crippen LogP contribution is 2.27. The molecule has 0 fully saturated rings. The molecular weight excluding hydrogens is 279 g/mol. The number of carbonyl (C=O) groups is 2. The van der Waals surface area contributed by atoms with Crippen LogP contribution in [0.4, 0.5) is 13.2 Å². The van der Waals surface area contributed by atoms with E-state index >= 15 is 0 Å². The molecule has 1 aromatic heterocycles. The highest BCUT2D eigenvalue weighted by atomic mass is 19.4. The number of aromatic nitrogens is 2. The van der Waals surface area contributed by atoms with Gasteiger partial charge in [-0.15, -0.1) is 0 Å². The zero-order valence-corrected chi connectivity index (χ0v) is 10.8. The molecule has 0 radical (unpaired) electrons. The lowest BCUT2D eigenvalue weighted by atomic mass is 10.1. The van der Waals surface area contributed by atoms with E-state index in [-0.39, 0.29) is 5.92 Å². The zero-order valence-electron chi connectivity index (χ0n) is 10.8. The van der Waals surface area contributed by atoms with Gasteiger partial charge in [0.2, 0.25) is 5.91 Å². The minimum Gasteiger partial charge on any atom is -0.480 e. The van der Waals surface area contributed by atoms with Crippen molar-refractivity contribution in [1.29, 1.82) is 0 Å². The molecule has 0 aliphatic rings. The number of carboxylic acid groups (broad SMARTS) is 1. The van der Waals surface area contributed by atoms with Gasteiger partial charge in [0.25, 0.3) is 0 Å². The smallest absolute Gasteiger partial charge is 0.435 e. The number of nitrogens with one attached hydrogen (secondary N) is 1. The van der Waals surface area contributed by atoms with Gasteiger partial charge in [-0.2, -0.15) is 18.3 Å². The van der Waals surface area contributed by atoms with Gasteiger partial charge in [-0.3, -0.25) is 9.48 Å². The van der Waals surface area contributed by atoms with Gasteiger partial charge in [0.05, 0.1) is 0 Å². The number of alkyl halides is 3. The van der Waals surface area contributed by atoms with Crippen molar-refractivity contribution in [2.75, 3.05) is 0 Å². The van der Waals surface area contributed by atoms with Crippen LogP contribution in [0.2, 0.25) is 0 Å². The van der Waals surface area contributed by atoms with Crippen molar-refractivity contribution in [1.82, 2.24) is 15.1 Å². The summed E-state index contributed by atoms with van der Waals surface area (Å²) in [5.41, 5.74) is -1.11. The maximum Gasteiger partial charge on any atom is 0.435 e. The molecule has 0 spiro atoms. The van der Waals surface area contributed by atoms with Crippen molar-refractivity contribution in [2.45, 2.75) is 32.6 Å². The van der Waals surface area contributed by atoms with E-state index < -0.39 is 36.3 Å². The molecule has 20 heavy (non-hydrogen) atoms. The molecule has 1 rings (SSSR count). The molecule has 6 nitrogen and oxygen atoms in total. The van der Waals surface area contributed by atoms with Crippen LogP contribution in [0.1, 0.15) is 19.5 Å². The summed E-state index contributed by atoms with van der Waals surface area (Å²) in [5.74, 6) is -2.27. The van der Waals surface area contributed by atoms with E-state index in [1.807, 2.05) is 0 Å². The van der Waals surface area contributed by atoms with Crippen molar-refractivity contribution < 1.29 is 27.9 Å². The van der Waals surface area contributed by atoms with E-state index in [2.05, 4.69) is 10.4 Å². The van der Waals surface area contributed by atoms with Crippen molar-refractivity contribution in [3.8, 4) is 0 Å². The number of hydrogen-bond donors (Lipinski definition) is 2. The Morgan fingerprint density at radius 1 is 1.45 bits per heavy atom. The molecule has 0 aliphatic carbocycles. The van der Waals surface area contributed by atoms with Gasteiger partial charge in [-0.05, 0) is 12.0 Å². The summed E-state index contributed by atoms with van der Waals surface area (Å²) in [5, 5.41) is 14.3. The first-order chi connectivity index (χ1) is 9.11. The van der Waals surface area contributed by atoms with E-state index in [0.717, 1.165) is 16.9 Å². The second-order valence-electron chi connectivity index (χ2n) is 4.52. The van der Waals surface area contributed by atoms with Crippen molar-refractivity contribution >= 4 is 11.9 Å². The third-order valence-corrected chi connectivity index (χ3v) is 2.49. The summed E-state index contributed by atoms with van der Waals surface area (Å²) >= 11 is 0. The van der Waals surface area contributed by atoms with Crippen LogP contribution in [0.25, 0.3) is 0 Å². The van der Waals surface area contributed by atoms with Crippen LogP contribution in [-0.4, -0.2) is 32.8 Å². The number of carbonyl (C=O) groups excluding carboxylic acids is 1. The maximum absolute atomic E-state index is 12.3. The van der Waals surface area contributed by atoms with Crippen LogP contribution < -0.4 is 5.32 Å². The predicted octanol–water partition coefficient (Wildman–Crippen LogP) is 1.13. The fourth-order valence-corrected chi connectivity index (χ4v) is 1.48. The second-order valence-corrected chi connectivity index (χ2v) is 4.52. The molecule has 0 unspecified atom stereocenters. The fourth-order valence-electron chi connectivity index (χ4n) is 1.48.